The molecule has 0 radical (unpaired) electrons. The van der Waals surface area contributed by atoms with Gasteiger partial charge in [0.15, 0.2) is 6.04 Å². The number of thioether (sulfide) groups is 2. The summed E-state index contributed by atoms with van der Waals surface area (Å²) < 4.78 is 9.52. The van der Waals surface area contributed by atoms with Crippen molar-refractivity contribution in [2.45, 2.75) is 96.6 Å². The Kier molecular flexibility index (Phi) is 8.63. The van der Waals surface area contributed by atoms with Crippen LogP contribution in [0.3, 0.4) is 0 Å². The second-order valence-electron chi connectivity index (χ2n) is 11.1. The van der Waals surface area contributed by atoms with Gasteiger partial charge in [-0.05, 0) is 40.5 Å². The van der Waals surface area contributed by atoms with Gasteiger partial charge in [-0.2, -0.15) is 0 Å². The summed E-state index contributed by atoms with van der Waals surface area (Å²) in [7, 11) is 0. The number of fused-ring (bicyclic) bond motifs is 2. The summed E-state index contributed by atoms with van der Waals surface area (Å²) in [6, 6.07) is -2.07. The molecule has 5 fully saturated rings. The number of β-lactam (4-membered cyclic amide) rings is 2. The summed E-state index contributed by atoms with van der Waals surface area (Å²) in [6.07, 6.45) is 6.50. The Morgan fingerprint density at radius 1 is 0.921 bits per heavy atom. The molecule has 14 heteroatoms. The van der Waals surface area contributed by atoms with Gasteiger partial charge in [-0.3, -0.25) is 14.6 Å². The van der Waals surface area contributed by atoms with Gasteiger partial charge in [0.1, 0.15) is 27.7 Å². The maximum atomic E-state index is 13.1. The van der Waals surface area contributed by atoms with E-state index in [1.54, 1.807) is 11.2 Å². The maximum Gasteiger partial charge on any atom is 0.333 e. The predicted molar refractivity (Wildman–Crippen MR) is 152 cm³/mol. The summed E-state index contributed by atoms with van der Waals surface area (Å²) in [6.45, 7) is 8.92. The first-order valence-electron chi connectivity index (χ1n) is 12.7. The Bertz CT molecular complexity index is 1020. The van der Waals surface area contributed by atoms with Crippen LogP contribution >= 0.6 is 51.9 Å². The number of ether oxygens (including phenoxy) is 2. The minimum Gasteiger partial charge on any atom is -0.426 e. The number of esters is 2. The molecular weight excluding hydrogens is 620 g/mol. The van der Waals surface area contributed by atoms with Crippen LogP contribution in [0.5, 0.6) is 0 Å². The van der Waals surface area contributed by atoms with Crippen molar-refractivity contribution in [2.75, 3.05) is 19.9 Å². The van der Waals surface area contributed by atoms with Crippen LogP contribution in [0.4, 0.5) is 0 Å². The van der Waals surface area contributed by atoms with Crippen molar-refractivity contribution in [1.82, 2.24) is 14.7 Å². The van der Waals surface area contributed by atoms with Crippen LogP contribution in [-0.4, -0.2) is 108 Å². The van der Waals surface area contributed by atoms with E-state index in [-0.39, 0.29) is 39.8 Å². The second-order valence-corrected chi connectivity index (χ2v) is 15.7. The number of aliphatic imine (C=N–C) groups is 1. The maximum absolute atomic E-state index is 13.1. The van der Waals surface area contributed by atoms with Crippen molar-refractivity contribution < 1.29 is 28.7 Å². The summed E-state index contributed by atoms with van der Waals surface area (Å²) in [5.41, 5.74) is 0. The number of carbonyl (C=O) groups excluding carboxylic acids is 4. The third-order valence-electron chi connectivity index (χ3n) is 7.67. The number of carbonyl (C=O) groups is 4. The average Bonchev–Trinajstić information content (AvgIpc) is 3.07. The van der Waals surface area contributed by atoms with E-state index in [0.717, 1.165) is 25.9 Å². The zero-order valence-corrected chi connectivity index (χ0v) is 25.9. The Labute approximate surface area is 245 Å². The van der Waals surface area contributed by atoms with E-state index >= 15 is 0 Å². The number of alkyl halides is 1. The first-order valence-corrected chi connectivity index (χ1v) is 15.4. The van der Waals surface area contributed by atoms with E-state index in [1.807, 2.05) is 27.7 Å². The lowest BCUT2D eigenvalue weighted by atomic mass is 9.96. The van der Waals surface area contributed by atoms with Gasteiger partial charge in [-0.1, -0.05) is 28.8 Å². The van der Waals surface area contributed by atoms with Gasteiger partial charge >= 0.3 is 11.9 Å². The molecule has 38 heavy (non-hydrogen) atoms. The molecule has 0 bridgehead atoms. The smallest absolute Gasteiger partial charge is 0.333 e. The van der Waals surface area contributed by atoms with E-state index in [4.69, 9.17) is 9.47 Å². The minimum absolute atomic E-state index is 0. The molecule has 5 aliphatic heterocycles. The van der Waals surface area contributed by atoms with E-state index < -0.39 is 46.4 Å². The second kappa shape index (κ2) is 11.0. The lowest BCUT2D eigenvalue weighted by Crippen LogP contribution is -2.65. The average molecular weight is 654 g/mol. The SMILES string of the molecule is CC1(C)S[C@@H]2[C@H](Br)C(=O)N2[C@H]1C(=O)OCOC(=O)[C@@H]1N2C(=O)[C@@H](N=CN3CCCCCC3)[C@H]2SC1(C)C.Cl. The summed E-state index contributed by atoms with van der Waals surface area (Å²) >= 11 is 6.43. The van der Waals surface area contributed by atoms with E-state index in [0.29, 0.717) is 0 Å². The summed E-state index contributed by atoms with van der Waals surface area (Å²) in [5, 5.41) is -0.350. The number of amides is 2. The standard InChI is InChI=1S/C24H33BrN4O6S2.ClH/c1-23(2)15(28-17(30)13(25)19(28)36-23)21(32)34-12-35-22(33)16-24(3,4)37-20-14(18(31)29(16)20)26-11-27-9-7-5-6-8-10-27;/h11,13-16,19-20H,5-10,12H2,1-4H3;1H/t13-,14-,15+,16+,19-,20-;/m1./s1. The van der Waals surface area contributed by atoms with Crippen LogP contribution in [0.25, 0.3) is 0 Å². The molecule has 10 nitrogen and oxygen atoms in total. The number of hydrogen-bond donors (Lipinski definition) is 0. The number of hydrogen-bond acceptors (Lipinski definition) is 9. The van der Waals surface area contributed by atoms with Gasteiger partial charge in [0, 0.05) is 22.6 Å². The fourth-order valence-electron chi connectivity index (χ4n) is 5.74. The fraction of sp³-hybridized carbons (Fsp3) is 0.792. The normalized spacial score (nSPS) is 35.0. The lowest BCUT2D eigenvalue weighted by molar-refractivity contribution is -0.180. The molecule has 5 heterocycles. The molecule has 0 aromatic heterocycles. The van der Waals surface area contributed by atoms with Crippen LogP contribution in [0, 0.1) is 0 Å². The Morgan fingerprint density at radius 2 is 1.42 bits per heavy atom. The molecule has 5 saturated heterocycles. The van der Waals surface area contributed by atoms with Crippen LogP contribution in [0.2, 0.25) is 0 Å². The quantitative estimate of drug-likeness (QED) is 0.107. The zero-order valence-electron chi connectivity index (χ0n) is 21.8. The Hall–Kier alpha value is -1.18. The fourth-order valence-corrected chi connectivity index (χ4v) is 9.71. The largest absolute Gasteiger partial charge is 0.426 e. The molecule has 0 aromatic carbocycles. The zero-order chi connectivity index (χ0) is 26.7. The van der Waals surface area contributed by atoms with Crippen molar-refractivity contribution in [1.29, 1.82) is 0 Å². The lowest BCUT2D eigenvalue weighted by Gasteiger charge is -2.42. The number of nitrogens with zero attached hydrogens (tertiary/aromatic N) is 4. The van der Waals surface area contributed by atoms with Crippen LogP contribution in [0.15, 0.2) is 4.99 Å². The molecular formula is C24H34BrClN4O6S2. The number of halogens is 2. The summed E-state index contributed by atoms with van der Waals surface area (Å²) in [5.74, 6) is -1.57. The topological polar surface area (TPSA) is 109 Å². The van der Waals surface area contributed by atoms with E-state index in [9.17, 15) is 19.2 Å². The highest BCUT2D eigenvalue weighted by Gasteiger charge is 2.65. The minimum atomic E-state index is -0.799. The Morgan fingerprint density at radius 3 is 1.97 bits per heavy atom. The van der Waals surface area contributed by atoms with Crippen molar-refractivity contribution in [2.24, 2.45) is 4.99 Å². The molecule has 0 N–H and O–H groups in total. The highest BCUT2D eigenvalue weighted by atomic mass is 79.9. The first kappa shape index (κ1) is 29.8. The molecule has 2 amide bonds. The van der Waals surface area contributed by atoms with E-state index in [1.165, 1.54) is 41.3 Å². The van der Waals surface area contributed by atoms with Gasteiger partial charge in [0.2, 0.25) is 12.7 Å². The van der Waals surface area contributed by atoms with E-state index in [2.05, 4.69) is 25.8 Å². The molecule has 0 saturated carbocycles. The van der Waals surface area contributed by atoms with Crippen molar-refractivity contribution in [3.8, 4) is 0 Å². The van der Waals surface area contributed by atoms with Gasteiger partial charge < -0.3 is 24.2 Å². The van der Waals surface area contributed by atoms with Crippen LogP contribution in [0.1, 0.15) is 53.4 Å². The molecule has 5 aliphatic rings. The van der Waals surface area contributed by atoms with Gasteiger partial charge in [0.05, 0.1) is 6.34 Å². The van der Waals surface area contributed by atoms with Gasteiger partial charge in [0.25, 0.3) is 5.91 Å². The molecule has 0 unspecified atom stereocenters. The molecule has 6 atom stereocenters. The van der Waals surface area contributed by atoms with Crippen molar-refractivity contribution in [3.05, 3.63) is 0 Å². The third kappa shape index (κ3) is 5.05. The van der Waals surface area contributed by atoms with Crippen LogP contribution in [-0.2, 0) is 28.7 Å². The third-order valence-corrected chi connectivity index (χ3v) is 12.0. The van der Waals surface area contributed by atoms with Gasteiger partial charge in [-0.15, -0.1) is 35.9 Å². The van der Waals surface area contributed by atoms with Gasteiger partial charge in [-0.25, -0.2) is 9.59 Å². The predicted octanol–water partition coefficient (Wildman–Crippen LogP) is 2.61. The number of likely N-dealkylation sites (tertiary alicyclic amines) is 1. The summed E-state index contributed by atoms with van der Waals surface area (Å²) in [4.78, 5) is 60.7. The van der Waals surface area contributed by atoms with Crippen LogP contribution < -0.4 is 0 Å². The van der Waals surface area contributed by atoms with Crippen molar-refractivity contribution >= 4 is 82.0 Å². The molecule has 0 aliphatic carbocycles. The molecule has 0 spiro atoms. The highest BCUT2D eigenvalue weighted by molar-refractivity contribution is 9.10. The first-order chi connectivity index (χ1) is 17.4. The Balaban J connectivity index is 0.00000336. The van der Waals surface area contributed by atoms with Crippen molar-refractivity contribution in [3.63, 3.8) is 0 Å². The molecule has 212 valence electrons. The number of rotatable bonds is 6. The monoisotopic (exact) mass is 652 g/mol. The molecule has 5 rings (SSSR count). The molecule has 0 aromatic rings. The highest BCUT2D eigenvalue weighted by Crippen LogP contribution is 2.53.